The minimum Gasteiger partial charge on any atom is -0.318 e. The van der Waals surface area contributed by atoms with Gasteiger partial charge in [0, 0.05) is 25.9 Å². The van der Waals surface area contributed by atoms with Crippen molar-refractivity contribution >= 4 is 11.8 Å². The van der Waals surface area contributed by atoms with Gasteiger partial charge in [-0.2, -0.15) is 0 Å². The highest BCUT2D eigenvalue weighted by molar-refractivity contribution is 5.95. The van der Waals surface area contributed by atoms with Crippen LogP contribution in [0, 0.1) is 0 Å². The highest BCUT2D eigenvalue weighted by Crippen LogP contribution is 2.11. The fourth-order valence-corrected chi connectivity index (χ4v) is 1.43. The molecule has 4 nitrogen and oxygen atoms in total. The maximum absolute atomic E-state index is 11.4. The molecule has 0 radical (unpaired) electrons. The second-order valence-electron chi connectivity index (χ2n) is 3.25. The topological polar surface area (TPSA) is 49.4 Å². The minimum absolute atomic E-state index is 0.0160. The molecule has 0 aromatic rings. The zero-order valence-corrected chi connectivity index (χ0v) is 8.01. The third-order valence-corrected chi connectivity index (χ3v) is 2.22. The summed E-state index contributed by atoms with van der Waals surface area (Å²) >= 11 is 0. The Bertz CT molecular complexity index is 186. The van der Waals surface area contributed by atoms with Crippen LogP contribution in [0.5, 0.6) is 0 Å². The summed E-state index contributed by atoms with van der Waals surface area (Å²) < 4.78 is 0. The first-order valence-corrected chi connectivity index (χ1v) is 4.73. The van der Waals surface area contributed by atoms with Gasteiger partial charge in [0.1, 0.15) is 0 Å². The van der Waals surface area contributed by atoms with Crippen LogP contribution in [0.4, 0.5) is 0 Å². The summed E-state index contributed by atoms with van der Waals surface area (Å²) in [5, 5.41) is 2.93. The van der Waals surface area contributed by atoms with E-state index in [1.165, 1.54) is 4.90 Å². The standard InChI is InChI=1S/C9H16N2O2/c1-10-6-7-11-8(12)4-2-3-5-9(11)13/h10H,2-7H2,1H3. The molecule has 1 aliphatic rings. The van der Waals surface area contributed by atoms with Crippen molar-refractivity contribution < 1.29 is 9.59 Å². The molecule has 1 rings (SSSR count). The quantitative estimate of drug-likeness (QED) is 0.634. The molecule has 1 N–H and O–H groups in total. The van der Waals surface area contributed by atoms with E-state index in [1.807, 2.05) is 7.05 Å². The number of amides is 2. The molecule has 0 aromatic carbocycles. The van der Waals surface area contributed by atoms with Crippen molar-refractivity contribution in [1.29, 1.82) is 0 Å². The van der Waals surface area contributed by atoms with Crippen molar-refractivity contribution in [2.24, 2.45) is 0 Å². The van der Waals surface area contributed by atoms with Gasteiger partial charge in [-0.3, -0.25) is 14.5 Å². The summed E-state index contributed by atoms with van der Waals surface area (Å²) in [5.74, 6) is -0.0319. The average Bonchev–Trinajstić information content (AvgIpc) is 2.26. The molecule has 0 atom stereocenters. The van der Waals surface area contributed by atoms with E-state index >= 15 is 0 Å². The Morgan fingerprint density at radius 1 is 1.23 bits per heavy atom. The number of hydrogen-bond donors (Lipinski definition) is 1. The minimum atomic E-state index is -0.0160. The molecule has 1 saturated heterocycles. The third kappa shape index (κ3) is 2.81. The van der Waals surface area contributed by atoms with Crippen molar-refractivity contribution in [3.8, 4) is 0 Å². The van der Waals surface area contributed by atoms with Crippen LogP contribution in [0.15, 0.2) is 0 Å². The number of nitrogens with one attached hydrogen (secondary N) is 1. The summed E-state index contributed by atoms with van der Waals surface area (Å²) in [6.45, 7) is 1.19. The van der Waals surface area contributed by atoms with Crippen LogP contribution in [0.1, 0.15) is 25.7 Å². The van der Waals surface area contributed by atoms with Crippen LogP contribution < -0.4 is 5.32 Å². The predicted molar refractivity (Wildman–Crippen MR) is 49.1 cm³/mol. The maximum atomic E-state index is 11.4. The summed E-state index contributed by atoms with van der Waals surface area (Å²) in [5.41, 5.74) is 0. The van der Waals surface area contributed by atoms with E-state index in [4.69, 9.17) is 0 Å². The molecule has 0 bridgehead atoms. The predicted octanol–water partition coefficient (Wildman–Crippen LogP) is 0.135. The second-order valence-corrected chi connectivity index (χ2v) is 3.25. The van der Waals surface area contributed by atoms with Crippen LogP contribution in [-0.2, 0) is 9.59 Å². The van der Waals surface area contributed by atoms with Gasteiger partial charge in [0.2, 0.25) is 11.8 Å². The van der Waals surface area contributed by atoms with Crippen LogP contribution in [0.2, 0.25) is 0 Å². The number of likely N-dealkylation sites (N-methyl/N-ethyl adjacent to an activating group) is 1. The highest BCUT2D eigenvalue weighted by Gasteiger charge is 2.22. The SMILES string of the molecule is CNCCN1C(=O)CCCCC1=O. The van der Waals surface area contributed by atoms with Crippen molar-refractivity contribution in [1.82, 2.24) is 10.2 Å². The Morgan fingerprint density at radius 2 is 1.77 bits per heavy atom. The number of likely N-dealkylation sites (tertiary alicyclic amines) is 1. The molecule has 1 fully saturated rings. The van der Waals surface area contributed by atoms with Crippen LogP contribution in [-0.4, -0.2) is 36.9 Å². The van der Waals surface area contributed by atoms with E-state index in [9.17, 15) is 9.59 Å². The molecule has 1 heterocycles. The van der Waals surface area contributed by atoms with Crippen molar-refractivity contribution in [2.75, 3.05) is 20.1 Å². The van der Waals surface area contributed by atoms with Gasteiger partial charge in [0.25, 0.3) is 0 Å². The normalized spacial score (nSPS) is 19.0. The lowest BCUT2D eigenvalue weighted by molar-refractivity contribution is -0.143. The number of imide groups is 1. The lowest BCUT2D eigenvalue weighted by Crippen LogP contribution is -2.39. The van der Waals surface area contributed by atoms with Gasteiger partial charge >= 0.3 is 0 Å². The molecule has 0 aromatic heterocycles. The third-order valence-electron chi connectivity index (χ3n) is 2.22. The van der Waals surface area contributed by atoms with E-state index in [0.29, 0.717) is 25.9 Å². The highest BCUT2D eigenvalue weighted by atomic mass is 16.2. The lowest BCUT2D eigenvalue weighted by atomic mass is 10.2. The van der Waals surface area contributed by atoms with E-state index in [1.54, 1.807) is 0 Å². The molecular weight excluding hydrogens is 168 g/mol. The Hall–Kier alpha value is -0.900. The summed E-state index contributed by atoms with van der Waals surface area (Å²) in [4.78, 5) is 24.2. The van der Waals surface area contributed by atoms with Crippen molar-refractivity contribution in [2.45, 2.75) is 25.7 Å². The van der Waals surface area contributed by atoms with Gasteiger partial charge in [0.05, 0.1) is 0 Å². The molecule has 2 amide bonds. The zero-order chi connectivity index (χ0) is 9.68. The van der Waals surface area contributed by atoms with Gasteiger partial charge in [-0.05, 0) is 19.9 Å². The molecule has 0 aliphatic carbocycles. The van der Waals surface area contributed by atoms with Gasteiger partial charge in [-0.25, -0.2) is 0 Å². The first-order valence-electron chi connectivity index (χ1n) is 4.73. The number of hydrogen-bond acceptors (Lipinski definition) is 3. The largest absolute Gasteiger partial charge is 0.318 e. The molecule has 13 heavy (non-hydrogen) atoms. The Labute approximate surface area is 78.3 Å². The van der Waals surface area contributed by atoms with E-state index in [-0.39, 0.29) is 11.8 Å². The molecule has 4 heteroatoms. The fourth-order valence-electron chi connectivity index (χ4n) is 1.43. The molecule has 0 unspecified atom stereocenters. The van der Waals surface area contributed by atoms with Gasteiger partial charge in [-0.1, -0.05) is 0 Å². The maximum Gasteiger partial charge on any atom is 0.229 e. The molecule has 0 saturated carbocycles. The first-order chi connectivity index (χ1) is 6.25. The Morgan fingerprint density at radius 3 is 2.23 bits per heavy atom. The van der Waals surface area contributed by atoms with Gasteiger partial charge < -0.3 is 5.32 Å². The number of rotatable bonds is 3. The molecular formula is C9H16N2O2. The first kappa shape index (κ1) is 10.2. The lowest BCUT2D eigenvalue weighted by Gasteiger charge is -2.17. The fraction of sp³-hybridized carbons (Fsp3) is 0.778. The summed E-state index contributed by atoms with van der Waals surface area (Å²) in [7, 11) is 1.81. The molecule has 1 aliphatic heterocycles. The van der Waals surface area contributed by atoms with Gasteiger partial charge in [-0.15, -0.1) is 0 Å². The van der Waals surface area contributed by atoms with Crippen LogP contribution in [0.3, 0.4) is 0 Å². The number of nitrogens with zero attached hydrogens (tertiary/aromatic N) is 1. The Balaban J connectivity index is 2.53. The van der Waals surface area contributed by atoms with Crippen molar-refractivity contribution in [3.05, 3.63) is 0 Å². The van der Waals surface area contributed by atoms with E-state index < -0.39 is 0 Å². The second kappa shape index (κ2) is 4.97. The van der Waals surface area contributed by atoms with Crippen molar-refractivity contribution in [3.63, 3.8) is 0 Å². The van der Waals surface area contributed by atoms with Crippen LogP contribution >= 0.6 is 0 Å². The molecule has 0 spiro atoms. The summed E-state index contributed by atoms with van der Waals surface area (Å²) in [6.07, 6.45) is 2.74. The van der Waals surface area contributed by atoms with Crippen LogP contribution in [0.25, 0.3) is 0 Å². The Kier molecular flexibility index (Phi) is 3.89. The zero-order valence-electron chi connectivity index (χ0n) is 8.01. The average molecular weight is 184 g/mol. The van der Waals surface area contributed by atoms with Gasteiger partial charge in [0.15, 0.2) is 0 Å². The number of carbonyl (C=O) groups excluding carboxylic acids is 2. The molecule has 74 valence electrons. The smallest absolute Gasteiger partial charge is 0.229 e. The van der Waals surface area contributed by atoms with E-state index in [0.717, 1.165) is 12.8 Å². The number of carbonyl (C=O) groups is 2. The van der Waals surface area contributed by atoms with E-state index in [2.05, 4.69) is 5.32 Å². The summed E-state index contributed by atoms with van der Waals surface area (Å²) in [6, 6.07) is 0. The monoisotopic (exact) mass is 184 g/mol.